The number of aromatic nitrogens is 2. The first kappa shape index (κ1) is 24.5. The molecule has 37 heavy (non-hydrogen) atoms. The smallest absolute Gasteiger partial charge is 0.409 e. The second-order valence-electron chi connectivity index (χ2n) is 8.98. The minimum absolute atomic E-state index is 0.235. The maximum absolute atomic E-state index is 13.5. The third kappa shape index (κ3) is 5.34. The van der Waals surface area contributed by atoms with Crippen molar-refractivity contribution in [1.29, 1.82) is 0 Å². The highest BCUT2D eigenvalue weighted by atomic mass is 19.4. The average Bonchev–Trinajstić information content (AvgIpc) is 3.49. The van der Waals surface area contributed by atoms with Gasteiger partial charge in [-0.05, 0) is 78.8 Å². The molecular formula is C27H24F3N5O2. The standard InChI is InChI=1S/C27H24F3N5O2/c1-16-12-23(27(28,29)30)34-35(16)25-22(20-7-2-4-17(13-20)8-11-24(36)37)15-31-26(33-25)32-21-10-9-18-5-3-6-19(18)14-21/h2,4,7-15,23,34H,3,5-6H2,1H3,(H,36,37)(H,31,32,33)/b11-8+. The van der Waals surface area contributed by atoms with Crippen LogP contribution in [0.5, 0.6) is 0 Å². The third-order valence-electron chi connectivity index (χ3n) is 6.33. The Kier molecular flexibility index (Phi) is 6.43. The average molecular weight is 508 g/mol. The number of allylic oxidation sites excluding steroid dienone is 1. The van der Waals surface area contributed by atoms with Gasteiger partial charge in [-0.2, -0.15) is 18.2 Å². The van der Waals surface area contributed by atoms with E-state index in [1.165, 1.54) is 22.2 Å². The van der Waals surface area contributed by atoms with Gasteiger partial charge in [-0.1, -0.05) is 24.3 Å². The first-order valence-electron chi connectivity index (χ1n) is 11.8. The molecule has 1 unspecified atom stereocenters. The molecule has 7 nitrogen and oxygen atoms in total. The molecule has 0 saturated heterocycles. The van der Waals surface area contributed by atoms with E-state index in [1.807, 2.05) is 6.07 Å². The van der Waals surface area contributed by atoms with Gasteiger partial charge in [-0.25, -0.2) is 15.2 Å². The number of carboxylic acids is 1. The zero-order valence-electron chi connectivity index (χ0n) is 19.9. The van der Waals surface area contributed by atoms with Crippen molar-refractivity contribution in [2.75, 3.05) is 10.3 Å². The number of halogens is 3. The van der Waals surface area contributed by atoms with Crippen LogP contribution in [-0.2, 0) is 17.6 Å². The van der Waals surface area contributed by atoms with Gasteiger partial charge in [0, 0.05) is 29.2 Å². The Morgan fingerprint density at radius 2 is 2.00 bits per heavy atom. The molecule has 1 aromatic heterocycles. The van der Waals surface area contributed by atoms with Crippen LogP contribution < -0.4 is 15.8 Å². The lowest BCUT2D eigenvalue weighted by atomic mass is 10.0. The Hall–Kier alpha value is -4.18. The Morgan fingerprint density at radius 3 is 2.76 bits per heavy atom. The molecule has 1 aliphatic heterocycles. The van der Waals surface area contributed by atoms with Crippen LogP contribution >= 0.6 is 0 Å². The molecule has 0 spiro atoms. The predicted octanol–water partition coefficient (Wildman–Crippen LogP) is 5.63. The summed E-state index contributed by atoms with van der Waals surface area (Å²) in [6, 6.07) is 11.2. The van der Waals surface area contributed by atoms with E-state index >= 15 is 0 Å². The number of hydrogen-bond acceptors (Lipinski definition) is 6. The Labute approximate surface area is 211 Å². The van der Waals surface area contributed by atoms with Crippen molar-refractivity contribution in [3.8, 4) is 11.1 Å². The Balaban J connectivity index is 1.54. The number of benzene rings is 2. The van der Waals surface area contributed by atoms with Crippen LogP contribution in [0.25, 0.3) is 17.2 Å². The molecule has 3 N–H and O–H groups in total. The molecule has 190 valence electrons. The maximum atomic E-state index is 13.5. The zero-order valence-corrected chi connectivity index (χ0v) is 19.9. The van der Waals surface area contributed by atoms with Crippen molar-refractivity contribution >= 4 is 29.5 Å². The predicted molar refractivity (Wildman–Crippen MR) is 135 cm³/mol. The number of hydrazine groups is 1. The van der Waals surface area contributed by atoms with Crippen molar-refractivity contribution in [1.82, 2.24) is 15.4 Å². The molecule has 10 heteroatoms. The number of aliphatic carboxylic acids is 1. The summed E-state index contributed by atoms with van der Waals surface area (Å²) in [6.45, 7) is 1.57. The molecule has 3 aromatic rings. The number of aryl methyl sites for hydroxylation is 2. The van der Waals surface area contributed by atoms with Crippen LogP contribution in [0.4, 0.5) is 30.6 Å². The molecule has 0 fully saturated rings. The molecule has 0 bridgehead atoms. The van der Waals surface area contributed by atoms with E-state index in [1.54, 1.807) is 37.4 Å². The highest BCUT2D eigenvalue weighted by Crippen LogP contribution is 2.36. The number of alkyl halides is 3. The fraction of sp³-hybridized carbons (Fsp3) is 0.222. The minimum atomic E-state index is -4.48. The van der Waals surface area contributed by atoms with Gasteiger partial charge in [0.2, 0.25) is 5.95 Å². The number of nitrogens with zero attached hydrogens (tertiary/aromatic N) is 3. The second kappa shape index (κ2) is 9.70. The van der Waals surface area contributed by atoms with Gasteiger partial charge in [-0.3, -0.25) is 5.01 Å². The number of carbonyl (C=O) groups is 1. The molecule has 5 rings (SSSR count). The van der Waals surface area contributed by atoms with Crippen LogP contribution in [0.1, 0.15) is 30.0 Å². The van der Waals surface area contributed by atoms with Crippen LogP contribution in [0.15, 0.2) is 66.5 Å². The van der Waals surface area contributed by atoms with Gasteiger partial charge in [0.05, 0.1) is 0 Å². The van der Waals surface area contributed by atoms with E-state index in [-0.39, 0.29) is 11.8 Å². The molecule has 0 radical (unpaired) electrons. The highest BCUT2D eigenvalue weighted by molar-refractivity contribution is 5.86. The number of fused-ring (bicyclic) bond motifs is 1. The lowest BCUT2D eigenvalue weighted by molar-refractivity contribution is -0.142. The van der Waals surface area contributed by atoms with Gasteiger partial charge in [0.25, 0.3) is 0 Å². The van der Waals surface area contributed by atoms with Crippen molar-refractivity contribution in [3.05, 3.63) is 83.2 Å². The quantitative estimate of drug-likeness (QED) is 0.373. The van der Waals surface area contributed by atoms with E-state index < -0.39 is 18.2 Å². The summed E-state index contributed by atoms with van der Waals surface area (Å²) >= 11 is 0. The molecule has 0 saturated carbocycles. The maximum Gasteiger partial charge on any atom is 0.409 e. The van der Waals surface area contributed by atoms with Crippen molar-refractivity contribution < 1.29 is 23.1 Å². The summed E-state index contributed by atoms with van der Waals surface area (Å²) in [7, 11) is 0. The Morgan fingerprint density at radius 1 is 1.19 bits per heavy atom. The largest absolute Gasteiger partial charge is 0.478 e. The van der Waals surface area contributed by atoms with E-state index in [4.69, 9.17) is 5.11 Å². The lowest BCUT2D eigenvalue weighted by Crippen LogP contribution is -2.45. The molecule has 1 atom stereocenters. The summed E-state index contributed by atoms with van der Waals surface area (Å²) in [6.07, 6.45) is 3.80. The monoisotopic (exact) mass is 507 g/mol. The summed E-state index contributed by atoms with van der Waals surface area (Å²) in [5.41, 5.74) is 7.93. The van der Waals surface area contributed by atoms with Crippen molar-refractivity contribution in [2.45, 2.75) is 38.4 Å². The number of nitrogens with one attached hydrogen (secondary N) is 2. The van der Waals surface area contributed by atoms with Crippen LogP contribution in [0.3, 0.4) is 0 Å². The molecular weight excluding hydrogens is 483 g/mol. The first-order valence-corrected chi connectivity index (χ1v) is 11.8. The Bertz CT molecular complexity index is 1420. The molecule has 2 aliphatic rings. The summed E-state index contributed by atoms with van der Waals surface area (Å²) in [5.74, 6) is -0.612. The van der Waals surface area contributed by atoms with Gasteiger partial charge >= 0.3 is 12.1 Å². The van der Waals surface area contributed by atoms with Crippen LogP contribution in [0.2, 0.25) is 0 Å². The van der Waals surface area contributed by atoms with Gasteiger partial charge in [0.15, 0.2) is 5.82 Å². The third-order valence-corrected chi connectivity index (χ3v) is 6.33. The van der Waals surface area contributed by atoms with Gasteiger partial charge in [-0.15, -0.1) is 0 Å². The molecule has 1 aliphatic carbocycles. The highest BCUT2D eigenvalue weighted by Gasteiger charge is 2.43. The SMILES string of the molecule is CC1=CC(C(F)(F)F)NN1c1nc(Nc2ccc3c(c2)CCC3)ncc1-c1cccc(/C=C/C(=O)O)c1. The fourth-order valence-electron chi connectivity index (χ4n) is 4.55. The fourth-order valence-corrected chi connectivity index (χ4v) is 4.55. The number of hydrogen-bond donors (Lipinski definition) is 3. The van der Waals surface area contributed by atoms with Crippen LogP contribution in [-0.4, -0.2) is 33.3 Å². The van der Waals surface area contributed by atoms with E-state index in [9.17, 15) is 18.0 Å². The molecule has 0 amide bonds. The van der Waals surface area contributed by atoms with E-state index in [0.717, 1.165) is 37.1 Å². The normalized spacial score (nSPS) is 17.2. The molecule has 2 heterocycles. The summed E-state index contributed by atoms with van der Waals surface area (Å²) < 4.78 is 40.5. The first-order chi connectivity index (χ1) is 17.7. The van der Waals surface area contributed by atoms with Gasteiger partial charge in [0.1, 0.15) is 6.04 Å². The summed E-state index contributed by atoms with van der Waals surface area (Å²) in [4.78, 5) is 20.0. The molecule has 2 aromatic carbocycles. The van der Waals surface area contributed by atoms with Crippen molar-refractivity contribution in [3.63, 3.8) is 0 Å². The number of anilines is 3. The topological polar surface area (TPSA) is 90.4 Å². The van der Waals surface area contributed by atoms with E-state index in [0.29, 0.717) is 22.4 Å². The van der Waals surface area contributed by atoms with E-state index in [2.05, 4.69) is 32.8 Å². The van der Waals surface area contributed by atoms with Crippen molar-refractivity contribution in [2.24, 2.45) is 0 Å². The zero-order chi connectivity index (χ0) is 26.2. The van der Waals surface area contributed by atoms with Gasteiger partial charge < -0.3 is 10.4 Å². The summed E-state index contributed by atoms with van der Waals surface area (Å²) in [5, 5.41) is 13.4. The number of rotatable bonds is 6. The lowest BCUT2D eigenvalue weighted by Gasteiger charge is -2.25. The minimum Gasteiger partial charge on any atom is -0.478 e. The second-order valence-corrected chi connectivity index (χ2v) is 8.98. The number of carboxylic acid groups (broad SMARTS) is 1. The van der Waals surface area contributed by atoms with Crippen LogP contribution in [0, 0.1) is 0 Å².